The van der Waals surface area contributed by atoms with Crippen molar-refractivity contribution in [3.8, 4) is 6.07 Å². The number of halogens is 1. The first-order valence-electron chi connectivity index (χ1n) is 9.07. The minimum Gasteiger partial charge on any atom is -0.384 e. The average molecular weight is 410 g/mol. The lowest BCUT2D eigenvalue weighted by atomic mass is 9.69. The van der Waals surface area contributed by atoms with E-state index in [2.05, 4.69) is 19.9 Å². The molecule has 2 aliphatic rings. The molecule has 0 amide bonds. The predicted octanol–water partition coefficient (Wildman–Crippen LogP) is 5.34. The van der Waals surface area contributed by atoms with E-state index in [0.717, 1.165) is 16.3 Å². The number of hydrogen-bond donors (Lipinski definition) is 1. The van der Waals surface area contributed by atoms with Crippen LogP contribution in [0, 0.1) is 16.7 Å². The SMILES string of the molecule is CC1(C)CC(=O)C2=C(C1)N(c1ccc(Cl)cc1)C(N)=C(C#N)[C@H]2c1cccs1. The molecule has 0 saturated carbocycles. The normalized spacial score (nSPS) is 21.6. The fourth-order valence-electron chi connectivity index (χ4n) is 4.13. The number of benzene rings is 1. The maximum Gasteiger partial charge on any atom is 0.162 e. The minimum absolute atomic E-state index is 0.0869. The zero-order valence-corrected chi connectivity index (χ0v) is 17.3. The van der Waals surface area contributed by atoms with Gasteiger partial charge in [-0.3, -0.25) is 9.69 Å². The van der Waals surface area contributed by atoms with Crippen LogP contribution in [0.4, 0.5) is 5.69 Å². The Kier molecular flexibility index (Phi) is 4.57. The molecule has 0 fully saturated rings. The van der Waals surface area contributed by atoms with Gasteiger partial charge in [-0.2, -0.15) is 5.26 Å². The summed E-state index contributed by atoms with van der Waals surface area (Å²) in [6, 6.07) is 13.5. The number of nitriles is 1. The number of ketones is 1. The summed E-state index contributed by atoms with van der Waals surface area (Å²) in [6.45, 7) is 4.18. The topological polar surface area (TPSA) is 70.1 Å². The molecule has 0 spiro atoms. The lowest BCUT2D eigenvalue weighted by molar-refractivity contribution is -0.118. The van der Waals surface area contributed by atoms with E-state index in [9.17, 15) is 10.1 Å². The Balaban J connectivity index is 1.99. The minimum atomic E-state index is -0.396. The van der Waals surface area contributed by atoms with E-state index in [1.165, 1.54) is 0 Å². The molecule has 142 valence electrons. The van der Waals surface area contributed by atoms with Crippen LogP contribution < -0.4 is 10.6 Å². The summed E-state index contributed by atoms with van der Waals surface area (Å²) in [5.74, 6) is 0.0727. The quantitative estimate of drug-likeness (QED) is 0.726. The van der Waals surface area contributed by atoms with Crippen LogP contribution in [0.25, 0.3) is 0 Å². The zero-order valence-electron chi connectivity index (χ0n) is 15.7. The summed E-state index contributed by atoms with van der Waals surface area (Å²) in [5, 5.41) is 12.5. The van der Waals surface area contributed by atoms with Gasteiger partial charge in [0.2, 0.25) is 0 Å². The van der Waals surface area contributed by atoms with E-state index < -0.39 is 5.92 Å². The number of nitrogens with two attached hydrogens (primary N) is 1. The van der Waals surface area contributed by atoms with E-state index >= 15 is 0 Å². The summed E-state index contributed by atoms with van der Waals surface area (Å²) < 4.78 is 0. The van der Waals surface area contributed by atoms with E-state index in [1.807, 2.05) is 34.5 Å². The molecule has 2 N–H and O–H groups in total. The molecule has 1 aliphatic heterocycles. The van der Waals surface area contributed by atoms with Crippen LogP contribution in [0.5, 0.6) is 0 Å². The number of carbonyl (C=O) groups excluding carboxylic acids is 1. The van der Waals surface area contributed by atoms with E-state index in [-0.39, 0.29) is 11.2 Å². The van der Waals surface area contributed by atoms with Gasteiger partial charge < -0.3 is 5.73 Å². The molecule has 0 saturated heterocycles. The first-order valence-corrected chi connectivity index (χ1v) is 10.3. The molecule has 6 heteroatoms. The lowest BCUT2D eigenvalue weighted by Crippen LogP contribution is -2.42. The molecule has 0 unspecified atom stereocenters. The molecule has 1 aromatic carbocycles. The van der Waals surface area contributed by atoms with Crippen molar-refractivity contribution in [2.24, 2.45) is 11.1 Å². The van der Waals surface area contributed by atoms with Gasteiger partial charge in [0.15, 0.2) is 5.78 Å². The van der Waals surface area contributed by atoms with E-state index in [0.29, 0.717) is 34.8 Å². The van der Waals surface area contributed by atoms with Crippen LogP contribution in [0.15, 0.2) is 64.4 Å². The highest BCUT2D eigenvalue weighted by Crippen LogP contribution is 2.50. The molecular formula is C22H20ClN3OS. The first-order chi connectivity index (χ1) is 13.3. The molecule has 2 heterocycles. The average Bonchev–Trinajstić information content (AvgIpc) is 3.15. The van der Waals surface area contributed by atoms with Crippen LogP contribution >= 0.6 is 22.9 Å². The third-order valence-electron chi connectivity index (χ3n) is 5.29. The Morgan fingerprint density at radius 1 is 1.25 bits per heavy atom. The van der Waals surface area contributed by atoms with Crippen molar-refractivity contribution >= 4 is 34.4 Å². The Hall–Kier alpha value is -2.55. The third kappa shape index (κ3) is 3.03. The summed E-state index contributed by atoms with van der Waals surface area (Å²) in [6.07, 6.45) is 1.17. The molecule has 1 aromatic heterocycles. The Labute approximate surface area is 173 Å². The van der Waals surface area contributed by atoms with Gasteiger partial charge in [0, 0.05) is 33.3 Å². The molecule has 2 aromatic rings. The van der Waals surface area contributed by atoms with E-state index in [1.54, 1.807) is 23.5 Å². The van der Waals surface area contributed by atoms with Gasteiger partial charge in [0.25, 0.3) is 0 Å². The number of carbonyl (C=O) groups is 1. The lowest BCUT2D eigenvalue weighted by Gasteiger charge is -2.43. The first kappa shape index (κ1) is 18.8. The van der Waals surface area contributed by atoms with Gasteiger partial charge in [0.1, 0.15) is 5.82 Å². The fourth-order valence-corrected chi connectivity index (χ4v) is 5.10. The van der Waals surface area contributed by atoms with Gasteiger partial charge in [-0.1, -0.05) is 31.5 Å². The van der Waals surface area contributed by atoms with Crippen LogP contribution in [0.2, 0.25) is 5.02 Å². The standard InChI is InChI=1S/C22H20ClN3OS/c1-22(2)10-16-20(17(27)11-22)19(18-4-3-9-28-18)15(12-24)21(25)26(16)14-7-5-13(23)6-8-14/h3-9,19H,10-11,25H2,1-2H3/t19-/m0/s1. The summed E-state index contributed by atoms with van der Waals surface area (Å²) in [5.41, 5.74) is 9.18. The van der Waals surface area contributed by atoms with Crippen molar-refractivity contribution in [2.75, 3.05) is 4.90 Å². The molecule has 1 aliphatic carbocycles. The molecular weight excluding hydrogens is 390 g/mol. The van der Waals surface area contributed by atoms with Crippen molar-refractivity contribution in [1.29, 1.82) is 5.26 Å². The second-order valence-corrected chi connectivity index (χ2v) is 9.39. The largest absolute Gasteiger partial charge is 0.384 e. The number of thiophene rings is 1. The van der Waals surface area contributed by atoms with Gasteiger partial charge in [0.05, 0.1) is 17.6 Å². The molecule has 4 rings (SSSR count). The van der Waals surface area contributed by atoms with Crippen molar-refractivity contribution in [3.63, 3.8) is 0 Å². The highest BCUT2D eigenvalue weighted by Gasteiger charge is 2.44. The summed E-state index contributed by atoms with van der Waals surface area (Å²) in [4.78, 5) is 16.1. The van der Waals surface area contributed by atoms with Gasteiger partial charge in [-0.05, 0) is 47.5 Å². The van der Waals surface area contributed by atoms with Gasteiger partial charge >= 0.3 is 0 Å². The second kappa shape index (κ2) is 6.80. The van der Waals surface area contributed by atoms with Gasteiger partial charge in [-0.15, -0.1) is 11.3 Å². The Morgan fingerprint density at radius 2 is 1.96 bits per heavy atom. The summed E-state index contributed by atoms with van der Waals surface area (Å²) >= 11 is 7.60. The molecule has 0 bridgehead atoms. The Morgan fingerprint density at radius 3 is 2.57 bits per heavy atom. The van der Waals surface area contributed by atoms with Crippen molar-refractivity contribution in [1.82, 2.24) is 0 Å². The maximum atomic E-state index is 13.3. The highest BCUT2D eigenvalue weighted by atomic mass is 35.5. The van der Waals surface area contributed by atoms with Crippen molar-refractivity contribution in [3.05, 3.63) is 74.3 Å². The second-order valence-electron chi connectivity index (χ2n) is 7.97. The number of hydrogen-bond acceptors (Lipinski definition) is 5. The monoisotopic (exact) mass is 409 g/mol. The molecule has 0 radical (unpaired) electrons. The smallest absolute Gasteiger partial charge is 0.162 e. The highest BCUT2D eigenvalue weighted by molar-refractivity contribution is 7.10. The van der Waals surface area contributed by atoms with Crippen LogP contribution in [-0.2, 0) is 4.79 Å². The molecule has 28 heavy (non-hydrogen) atoms. The van der Waals surface area contributed by atoms with Crippen molar-refractivity contribution in [2.45, 2.75) is 32.6 Å². The number of anilines is 1. The van der Waals surface area contributed by atoms with Crippen LogP contribution in [0.3, 0.4) is 0 Å². The molecule has 4 nitrogen and oxygen atoms in total. The maximum absolute atomic E-state index is 13.3. The number of Topliss-reactive ketones (excluding diaryl/α,β-unsaturated/α-hetero) is 1. The van der Waals surface area contributed by atoms with Gasteiger partial charge in [-0.25, -0.2) is 0 Å². The fraction of sp³-hybridized carbons (Fsp3) is 0.273. The Bertz CT molecular complexity index is 1040. The summed E-state index contributed by atoms with van der Waals surface area (Å²) in [7, 11) is 0. The van der Waals surface area contributed by atoms with Crippen LogP contribution in [-0.4, -0.2) is 5.78 Å². The van der Waals surface area contributed by atoms with E-state index in [4.69, 9.17) is 17.3 Å². The zero-order chi connectivity index (χ0) is 20.1. The number of allylic oxidation sites excluding steroid dienone is 3. The number of rotatable bonds is 2. The predicted molar refractivity (Wildman–Crippen MR) is 113 cm³/mol. The molecule has 1 atom stereocenters. The van der Waals surface area contributed by atoms with Crippen molar-refractivity contribution < 1.29 is 4.79 Å². The number of nitrogens with zero attached hydrogens (tertiary/aromatic N) is 2. The van der Waals surface area contributed by atoms with Crippen LogP contribution in [0.1, 0.15) is 37.5 Å². The third-order valence-corrected chi connectivity index (χ3v) is 6.48.